The van der Waals surface area contributed by atoms with E-state index in [2.05, 4.69) is 34.7 Å². The molecule has 27 heavy (non-hydrogen) atoms. The minimum Gasteiger partial charge on any atom is -0.396 e. The van der Waals surface area contributed by atoms with Crippen molar-refractivity contribution < 1.29 is 14.6 Å². The molecule has 1 heterocycles. The lowest BCUT2D eigenvalue weighted by molar-refractivity contribution is -0.127. The molecule has 1 aliphatic rings. The summed E-state index contributed by atoms with van der Waals surface area (Å²) >= 11 is 0. The number of aliphatic hydroxyl groups is 1. The number of amides is 1. The smallest absolute Gasteiger partial charge is 0.243 e. The van der Waals surface area contributed by atoms with Gasteiger partial charge >= 0.3 is 0 Å². The van der Waals surface area contributed by atoms with Gasteiger partial charge in [0.15, 0.2) is 5.96 Å². The van der Waals surface area contributed by atoms with Gasteiger partial charge < -0.3 is 25.4 Å². The van der Waals surface area contributed by atoms with Gasteiger partial charge in [-0.3, -0.25) is 4.79 Å². The molecule has 2 rings (SSSR count). The molecule has 3 N–H and O–H groups in total. The third-order valence-electron chi connectivity index (χ3n) is 4.98. The van der Waals surface area contributed by atoms with Crippen LogP contribution in [0, 0.1) is 5.41 Å². The first-order valence-electron chi connectivity index (χ1n) is 9.44. The SMILES string of the molecule is CC(NC(=NCC(=O)N(C)C)NCC1(CCO)CCOC1)c1ccccc1. The van der Waals surface area contributed by atoms with Crippen LogP contribution in [0.3, 0.4) is 0 Å². The van der Waals surface area contributed by atoms with Gasteiger partial charge in [-0.1, -0.05) is 30.3 Å². The number of benzene rings is 1. The molecule has 0 spiro atoms. The predicted octanol–water partition coefficient (Wildman–Crippen LogP) is 1.16. The molecule has 0 aliphatic carbocycles. The van der Waals surface area contributed by atoms with Crippen LogP contribution in [0.2, 0.25) is 0 Å². The van der Waals surface area contributed by atoms with E-state index in [1.807, 2.05) is 18.2 Å². The number of aliphatic imine (C=N–C) groups is 1. The number of hydrogen-bond acceptors (Lipinski definition) is 4. The molecule has 1 saturated heterocycles. The molecule has 1 fully saturated rings. The number of nitrogens with zero attached hydrogens (tertiary/aromatic N) is 2. The molecule has 2 unspecified atom stereocenters. The van der Waals surface area contributed by atoms with Crippen LogP contribution in [0.15, 0.2) is 35.3 Å². The lowest BCUT2D eigenvalue weighted by Gasteiger charge is -2.28. The van der Waals surface area contributed by atoms with E-state index in [1.165, 1.54) is 4.90 Å². The molecule has 0 aromatic heterocycles. The molecule has 0 saturated carbocycles. The second kappa shape index (κ2) is 10.3. The molecule has 0 bridgehead atoms. The summed E-state index contributed by atoms with van der Waals surface area (Å²) in [7, 11) is 3.44. The van der Waals surface area contributed by atoms with Crippen LogP contribution in [-0.4, -0.2) is 68.9 Å². The Labute approximate surface area is 161 Å². The first-order valence-corrected chi connectivity index (χ1v) is 9.44. The average Bonchev–Trinajstić information content (AvgIpc) is 3.13. The zero-order chi connectivity index (χ0) is 19.7. The van der Waals surface area contributed by atoms with Gasteiger partial charge in [-0.05, 0) is 25.3 Å². The van der Waals surface area contributed by atoms with Gasteiger partial charge in [0.25, 0.3) is 0 Å². The van der Waals surface area contributed by atoms with Crippen molar-refractivity contribution in [3.05, 3.63) is 35.9 Å². The second-order valence-electron chi connectivity index (χ2n) is 7.36. The van der Waals surface area contributed by atoms with Gasteiger partial charge in [-0.25, -0.2) is 4.99 Å². The number of rotatable bonds is 8. The number of guanidine groups is 1. The van der Waals surface area contributed by atoms with Crippen LogP contribution in [0.1, 0.15) is 31.4 Å². The third-order valence-corrected chi connectivity index (χ3v) is 4.98. The Bertz CT molecular complexity index is 613. The van der Waals surface area contributed by atoms with Gasteiger partial charge in [0.1, 0.15) is 6.54 Å². The second-order valence-corrected chi connectivity index (χ2v) is 7.36. The van der Waals surface area contributed by atoms with Crippen molar-refractivity contribution in [2.24, 2.45) is 10.4 Å². The summed E-state index contributed by atoms with van der Waals surface area (Å²) in [4.78, 5) is 17.9. The highest BCUT2D eigenvalue weighted by Gasteiger charge is 2.34. The average molecular weight is 377 g/mol. The first-order chi connectivity index (χ1) is 13.0. The van der Waals surface area contributed by atoms with Crippen LogP contribution in [0.5, 0.6) is 0 Å². The summed E-state index contributed by atoms with van der Waals surface area (Å²) in [6.07, 6.45) is 1.58. The van der Waals surface area contributed by atoms with Crippen LogP contribution < -0.4 is 10.6 Å². The quantitative estimate of drug-likeness (QED) is 0.468. The highest BCUT2D eigenvalue weighted by atomic mass is 16.5. The lowest BCUT2D eigenvalue weighted by atomic mass is 9.84. The van der Waals surface area contributed by atoms with Crippen molar-refractivity contribution >= 4 is 11.9 Å². The van der Waals surface area contributed by atoms with E-state index in [9.17, 15) is 9.90 Å². The van der Waals surface area contributed by atoms with Gasteiger partial charge in [0.05, 0.1) is 12.6 Å². The number of nitrogens with one attached hydrogen (secondary N) is 2. The van der Waals surface area contributed by atoms with E-state index < -0.39 is 0 Å². The summed E-state index contributed by atoms with van der Waals surface area (Å²) < 4.78 is 5.55. The van der Waals surface area contributed by atoms with Gasteiger partial charge in [0.2, 0.25) is 5.91 Å². The molecule has 7 heteroatoms. The molecule has 0 radical (unpaired) electrons. The van der Waals surface area contributed by atoms with E-state index in [0.29, 0.717) is 32.1 Å². The lowest BCUT2D eigenvalue weighted by Crippen LogP contribution is -2.45. The number of hydrogen-bond donors (Lipinski definition) is 3. The molecule has 1 aromatic rings. The van der Waals surface area contributed by atoms with Crippen LogP contribution in [-0.2, 0) is 9.53 Å². The maximum atomic E-state index is 11.9. The molecular formula is C20H32N4O3. The fraction of sp³-hybridized carbons (Fsp3) is 0.600. The highest BCUT2D eigenvalue weighted by Crippen LogP contribution is 2.31. The summed E-state index contributed by atoms with van der Waals surface area (Å²) in [5.41, 5.74) is 1.04. The van der Waals surface area contributed by atoms with Crippen LogP contribution in [0.4, 0.5) is 0 Å². The standard InChI is InChI=1S/C20H32N4O3/c1-16(17-7-5-4-6-8-17)23-19(21-13-18(26)24(2)3)22-14-20(9-11-25)10-12-27-15-20/h4-8,16,25H,9-15H2,1-3H3,(H2,21,22,23). The van der Waals surface area contributed by atoms with Gasteiger partial charge in [-0.2, -0.15) is 0 Å². The molecule has 1 aromatic carbocycles. The van der Waals surface area contributed by atoms with Gasteiger partial charge in [0, 0.05) is 39.3 Å². The third kappa shape index (κ3) is 6.52. The Morgan fingerprint density at radius 3 is 2.70 bits per heavy atom. The Balaban J connectivity index is 2.06. The molecular weight excluding hydrogens is 344 g/mol. The fourth-order valence-electron chi connectivity index (χ4n) is 3.05. The van der Waals surface area contributed by atoms with E-state index in [1.54, 1.807) is 14.1 Å². The summed E-state index contributed by atoms with van der Waals surface area (Å²) in [6.45, 7) is 4.23. The van der Waals surface area contributed by atoms with E-state index in [0.717, 1.165) is 12.0 Å². The highest BCUT2D eigenvalue weighted by molar-refractivity contribution is 5.85. The minimum atomic E-state index is -0.0985. The van der Waals surface area contributed by atoms with Gasteiger partial charge in [-0.15, -0.1) is 0 Å². The van der Waals surface area contributed by atoms with Crippen molar-refractivity contribution in [3.8, 4) is 0 Å². The predicted molar refractivity (Wildman–Crippen MR) is 107 cm³/mol. The molecule has 1 aliphatic heterocycles. The normalized spacial score (nSPS) is 21.0. The maximum Gasteiger partial charge on any atom is 0.243 e. The molecule has 7 nitrogen and oxygen atoms in total. The molecule has 150 valence electrons. The summed E-state index contributed by atoms with van der Waals surface area (Å²) in [5, 5.41) is 16.1. The number of aliphatic hydroxyl groups excluding tert-OH is 1. The Kier molecular flexibility index (Phi) is 8.06. The minimum absolute atomic E-state index is 0.0422. The summed E-state index contributed by atoms with van der Waals surface area (Å²) in [5.74, 6) is 0.531. The van der Waals surface area contributed by atoms with Crippen molar-refractivity contribution in [1.29, 1.82) is 0 Å². The Morgan fingerprint density at radius 1 is 1.37 bits per heavy atom. The van der Waals surface area contributed by atoms with Crippen molar-refractivity contribution in [3.63, 3.8) is 0 Å². The zero-order valence-electron chi connectivity index (χ0n) is 16.6. The number of carbonyl (C=O) groups is 1. The van der Waals surface area contributed by atoms with Crippen molar-refractivity contribution in [1.82, 2.24) is 15.5 Å². The monoisotopic (exact) mass is 376 g/mol. The van der Waals surface area contributed by atoms with Crippen LogP contribution >= 0.6 is 0 Å². The topological polar surface area (TPSA) is 86.2 Å². The van der Waals surface area contributed by atoms with Crippen molar-refractivity contribution in [2.45, 2.75) is 25.8 Å². The summed E-state index contributed by atoms with van der Waals surface area (Å²) in [6, 6.07) is 10.1. The van der Waals surface area contributed by atoms with E-state index in [-0.39, 0.29) is 30.5 Å². The Hall–Kier alpha value is -2.12. The maximum absolute atomic E-state index is 11.9. The van der Waals surface area contributed by atoms with E-state index >= 15 is 0 Å². The Morgan fingerprint density at radius 2 is 2.11 bits per heavy atom. The van der Waals surface area contributed by atoms with E-state index in [4.69, 9.17) is 4.74 Å². The zero-order valence-corrected chi connectivity index (χ0v) is 16.6. The van der Waals surface area contributed by atoms with Crippen LogP contribution in [0.25, 0.3) is 0 Å². The number of likely N-dealkylation sites (N-methyl/N-ethyl adjacent to an activating group) is 1. The largest absolute Gasteiger partial charge is 0.396 e. The number of carbonyl (C=O) groups excluding carboxylic acids is 1. The van der Waals surface area contributed by atoms with Crippen molar-refractivity contribution in [2.75, 3.05) is 47.0 Å². The first kappa shape index (κ1) is 21.2. The number of ether oxygens (including phenoxy) is 1. The molecule has 2 atom stereocenters. The fourth-order valence-corrected chi connectivity index (χ4v) is 3.05. The molecule has 1 amide bonds.